The van der Waals surface area contributed by atoms with E-state index in [0.717, 1.165) is 20.8 Å². The van der Waals surface area contributed by atoms with Gasteiger partial charge in [-0.1, -0.05) is 0 Å². The predicted octanol–water partition coefficient (Wildman–Crippen LogP) is -14.0. The molecule has 5 fully saturated rings. The Hall–Kier alpha value is -2.71. The van der Waals surface area contributed by atoms with Crippen LogP contribution in [-0.4, -0.2) is 334 Å². The summed E-state index contributed by atoms with van der Waals surface area (Å²) in [6.45, 7) is -3.70. The van der Waals surface area contributed by atoms with Gasteiger partial charge in [-0.15, -0.1) is 0 Å². The lowest BCUT2D eigenvalue weighted by Gasteiger charge is -2.50. The van der Waals surface area contributed by atoms with Gasteiger partial charge in [0.25, 0.3) is 0 Å². The van der Waals surface area contributed by atoms with E-state index in [2.05, 4.69) is 16.0 Å². The fourth-order valence-corrected chi connectivity index (χ4v) is 9.23. The lowest BCUT2D eigenvalue weighted by molar-refractivity contribution is -0.377. The molecule has 34 nitrogen and oxygen atoms in total. The Morgan fingerprint density at radius 3 is 1.25 bits per heavy atom. The third-order valence-corrected chi connectivity index (χ3v) is 13.3. The third kappa shape index (κ3) is 14.8. The highest BCUT2D eigenvalue weighted by molar-refractivity contribution is 5.74. The average molecular weight is 1120 g/mol. The number of nitrogens with one attached hydrogen (secondary N) is 3. The Morgan fingerprint density at radius 1 is 0.447 bits per heavy atom. The van der Waals surface area contributed by atoms with Crippen LogP contribution in [0, 0.1) is 0 Å². The number of aliphatic hydroxyl groups is 18. The molecule has 0 unspecified atom stereocenters. The normalized spacial score (nSPS) is 43.8. The van der Waals surface area contributed by atoms with Crippen LogP contribution in [0.4, 0.5) is 0 Å². The predicted molar refractivity (Wildman–Crippen MR) is 236 cm³/mol. The van der Waals surface area contributed by atoms with Crippen molar-refractivity contribution in [3.05, 3.63) is 0 Å². The van der Waals surface area contributed by atoms with Crippen molar-refractivity contribution in [2.45, 2.75) is 199 Å². The largest absolute Gasteiger partial charge is 0.394 e. The first-order chi connectivity index (χ1) is 35.9. The SMILES string of the molecule is CC(=O)N[C@H]1[C@H](O[C@@H]2[C@H](O)[C@@H](O)[C@H](O[C@H]3[C@H](O)[C@@H](NC(C)=O)[C@H](OC[C@@H](O)[C@H](O)[C@H](O[C@@H]4O[C@H](CO)[C@H](O)[C@H](O)[C@H]4O)[C@H](CO)NC(C)=O)O[C@@H]3CO)O[C@@H]2CO)O[C@H](CO)[C@@H](O[C@@H]2O[C@H](CO)[C@H](O)[C@H](O)[C@H]2O)[C@@H]1O. The molecule has 5 aliphatic heterocycles. The summed E-state index contributed by atoms with van der Waals surface area (Å²) < 4.78 is 56.8. The summed E-state index contributed by atoms with van der Waals surface area (Å²) in [5, 5.41) is 198. The maximum atomic E-state index is 12.5. The number of ether oxygens (including phenoxy) is 10. The van der Waals surface area contributed by atoms with Crippen LogP contribution in [0.3, 0.4) is 0 Å². The summed E-state index contributed by atoms with van der Waals surface area (Å²) in [7, 11) is 0. The smallest absolute Gasteiger partial charge is 0.217 e. The fourth-order valence-electron chi connectivity index (χ4n) is 9.23. The molecule has 3 amide bonds. The lowest BCUT2D eigenvalue weighted by Crippen LogP contribution is -2.70. The van der Waals surface area contributed by atoms with E-state index in [9.17, 15) is 106 Å². The number of carbonyl (C=O) groups excluding carboxylic acids is 3. The van der Waals surface area contributed by atoms with E-state index < -0.39 is 242 Å². The molecule has 0 saturated carbocycles. The second-order valence-corrected chi connectivity index (χ2v) is 18.8. The molecule has 442 valence electrons. The average Bonchev–Trinajstić information content (AvgIpc) is 3.38. The minimum Gasteiger partial charge on any atom is -0.394 e. The van der Waals surface area contributed by atoms with E-state index in [1.807, 2.05) is 0 Å². The number of amides is 3. The van der Waals surface area contributed by atoms with Gasteiger partial charge >= 0.3 is 0 Å². The van der Waals surface area contributed by atoms with Crippen molar-refractivity contribution in [1.29, 1.82) is 0 Å². The standard InChI is InChI=1S/C42H73N3O31/c1-11(52)43-14(4-46)34(73-40-31(64)28(61)24(57)16(5-47)68-40)23(56)15(55)10-67-38-21(44-12(2)53)26(59)35(18(7-49)70-38)76-42-33(66)30(63)37(20(9-51)72-42)74-39-22(45-13(3)54)27(60)36(19(8-50)71-39)75-41-32(65)29(62)25(58)17(6-48)69-41/h14-42,46-51,55-66H,4-10H2,1-3H3,(H,43,52)(H,44,53)(H,45,54)/t14-,15+,16+,17+,18+,19+,20+,21+,22+,23-,24-,25-,26+,27+,28-,29-,30+,31+,32+,33+,34+,35+,36+,37-,38+,39-,40-,41-,42-/m0/s1. The van der Waals surface area contributed by atoms with E-state index in [0.29, 0.717) is 0 Å². The summed E-state index contributed by atoms with van der Waals surface area (Å²) in [5.41, 5.74) is 0. The van der Waals surface area contributed by atoms with Crippen molar-refractivity contribution in [2.24, 2.45) is 0 Å². The number of hydrogen-bond acceptors (Lipinski definition) is 31. The van der Waals surface area contributed by atoms with Crippen LogP contribution in [0.1, 0.15) is 20.8 Å². The molecule has 5 heterocycles. The van der Waals surface area contributed by atoms with Gasteiger partial charge in [0.2, 0.25) is 17.7 Å². The summed E-state index contributed by atoms with van der Waals surface area (Å²) in [6.07, 6.45) is -49.1. The number of aliphatic hydroxyl groups excluding tert-OH is 18. The van der Waals surface area contributed by atoms with Crippen LogP contribution >= 0.6 is 0 Å². The molecular formula is C42H73N3O31. The Balaban J connectivity index is 1.29. The Morgan fingerprint density at radius 2 is 0.816 bits per heavy atom. The topological polar surface area (TPSA) is 544 Å². The quantitative estimate of drug-likeness (QED) is 0.0452. The van der Waals surface area contributed by atoms with Gasteiger partial charge in [0, 0.05) is 20.8 Å². The van der Waals surface area contributed by atoms with Crippen LogP contribution in [0.5, 0.6) is 0 Å². The Labute approximate surface area is 431 Å². The zero-order valence-corrected chi connectivity index (χ0v) is 41.0. The lowest BCUT2D eigenvalue weighted by atomic mass is 9.94. The zero-order valence-electron chi connectivity index (χ0n) is 41.0. The van der Waals surface area contributed by atoms with Crippen molar-refractivity contribution in [3.63, 3.8) is 0 Å². The number of rotatable bonds is 23. The number of carbonyl (C=O) groups is 3. The Bertz CT molecular complexity index is 1810. The first-order valence-electron chi connectivity index (χ1n) is 24.0. The van der Waals surface area contributed by atoms with Crippen molar-refractivity contribution in [2.75, 3.05) is 46.2 Å². The van der Waals surface area contributed by atoms with Crippen molar-refractivity contribution in [3.8, 4) is 0 Å². The van der Waals surface area contributed by atoms with Gasteiger partial charge in [-0.05, 0) is 0 Å². The van der Waals surface area contributed by atoms with E-state index in [1.165, 1.54) is 0 Å². The summed E-state index contributed by atoms with van der Waals surface area (Å²) >= 11 is 0. The minimum atomic E-state index is -2.21. The van der Waals surface area contributed by atoms with Crippen molar-refractivity contribution in [1.82, 2.24) is 16.0 Å². The van der Waals surface area contributed by atoms with Gasteiger partial charge in [-0.3, -0.25) is 14.4 Å². The highest BCUT2D eigenvalue weighted by Crippen LogP contribution is 2.35. The molecule has 0 aromatic carbocycles. The highest BCUT2D eigenvalue weighted by Gasteiger charge is 2.56. The first kappa shape index (κ1) is 64.1. The van der Waals surface area contributed by atoms with Crippen LogP contribution in [0.2, 0.25) is 0 Å². The molecule has 21 N–H and O–H groups in total. The van der Waals surface area contributed by atoms with Crippen LogP contribution in [-0.2, 0) is 61.8 Å². The second-order valence-electron chi connectivity index (χ2n) is 18.8. The highest BCUT2D eigenvalue weighted by atomic mass is 16.8. The van der Waals surface area contributed by atoms with Gasteiger partial charge in [0.1, 0.15) is 140 Å². The molecule has 5 saturated heterocycles. The second kappa shape index (κ2) is 28.6. The van der Waals surface area contributed by atoms with Crippen molar-refractivity contribution >= 4 is 17.7 Å². The molecule has 5 rings (SSSR count). The van der Waals surface area contributed by atoms with E-state index >= 15 is 0 Å². The third-order valence-electron chi connectivity index (χ3n) is 13.3. The van der Waals surface area contributed by atoms with Gasteiger partial charge in [0.05, 0.1) is 52.3 Å². The molecule has 29 atom stereocenters. The molecule has 5 aliphatic rings. The van der Waals surface area contributed by atoms with Gasteiger partial charge in [0.15, 0.2) is 31.5 Å². The Kier molecular flexibility index (Phi) is 24.1. The summed E-state index contributed by atoms with van der Waals surface area (Å²) in [6, 6.07) is -4.97. The molecule has 0 spiro atoms. The van der Waals surface area contributed by atoms with E-state index in [-0.39, 0.29) is 0 Å². The van der Waals surface area contributed by atoms with Gasteiger partial charge < -0.3 is 155 Å². The maximum Gasteiger partial charge on any atom is 0.217 e. The van der Waals surface area contributed by atoms with Crippen LogP contribution in [0.25, 0.3) is 0 Å². The molecular weight excluding hydrogens is 1040 g/mol. The summed E-state index contributed by atoms with van der Waals surface area (Å²) in [5.74, 6) is -2.42. The fraction of sp³-hybridized carbons (Fsp3) is 0.929. The minimum absolute atomic E-state index is 0.778. The number of hydrogen-bond donors (Lipinski definition) is 21. The van der Waals surface area contributed by atoms with Crippen molar-refractivity contribution < 1.29 is 154 Å². The molecule has 0 aromatic heterocycles. The van der Waals surface area contributed by atoms with E-state index in [4.69, 9.17) is 47.4 Å². The molecule has 0 aliphatic carbocycles. The zero-order chi connectivity index (χ0) is 56.6. The van der Waals surface area contributed by atoms with Crippen LogP contribution < -0.4 is 16.0 Å². The van der Waals surface area contributed by atoms with Crippen LogP contribution in [0.15, 0.2) is 0 Å². The molecule has 34 heteroatoms. The van der Waals surface area contributed by atoms with E-state index in [1.54, 1.807) is 0 Å². The molecule has 0 radical (unpaired) electrons. The van der Waals surface area contributed by atoms with Gasteiger partial charge in [-0.25, -0.2) is 0 Å². The monoisotopic (exact) mass is 1120 g/mol. The maximum absolute atomic E-state index is 12.5. The molecule has 0 aromatic rings. The summed E-state index contributed by atoms with van der Waals surface area (Å²) in [4.78, 5) is 36.9. The van der Waals surface area contributed by atoms with Gasteiger partial charge in [-0.2, -0.15) is 0 Å². The molecule has 0 bridgehead atoms. The first-order valence-corrected chi connectivity index (χ1v) is 24.0. The molecule has 76 heavy (non-hydrogen) atoms.